The van der Waals surface area contributed by atoms with E-state index in [1.807, 2.05) is 18.5 Å². The summed E-state index contributed by atoms with van der Waals surface area (Å²) in [6.45, 7) is 4.97. The normalized spacial score (nSPS) is 17.0. The molecule has 5 aromatic rings. The number of fused-ring (bicyclic) bond motifs is 2. The van der Waals surface area contributed by atoms with E-state index in [4.69, 9.17) is 4.98 Å². The van der Waals surface area contributed by atoms with Gasteiger partial charge in [-0.2, -0.15) is 5.10 Å². The fraction of sp³-hybridized carbons (Fsp3) is 0.393. The van der Waals surface area contributed by atoms with Crippen LogP contribution < -0.4 is 4.90 Å². The fourth-order valence-electron chi connectivity index (χ4n) is 5.82. The molecular formula is C28H30FN9. The molecule has 10 heteroatoms. The zero-order chi connectivity index (χ0) is 25.5. The second-order valence-electron chi connectivity index (χ2n) is 10.4. The van der Waals surface area contributed by atoms with Gasteiger partial charge in [-0.15, -0.1) is 0 Å². The smallest absolute Gasteiger partial charge is 0.161 e. The Morgan fingerprint density at radius 1 is 0.816 bits per heavy atom. The Morgan fingerprint density at radius 2 is 1.61 bits per heavy atom. The molecule has 0 radical (unpaired) electrons. The zero-order valence-corrected chi connectivity index (χ0v) is 21.3. The van der Waals surface area contributed by atoms with E-state index in [-0.39, 0.29) is 5.69 Å². The van der Waals surface area contributed by atoms with Gasteiger partial charge in [-0.1, -0.05) is 6.42 Å². The summed E-state index contributed by atoms with van der Waals surface area (Å²) < 4.78 is 16.1. The van der Waals surface area contributed by atoms with Crippen LogP contribution in [0.25, 0.3) is 44.7 Å². The van der Waals surface area contributed by atoms with Gasteiger partial charge in [0.2, 0.25) is 0 Å². The van der Waals surface area contributed by atoms with Gasteiger partial charge >= 0.3 is 0 Å². The van der Waals surface area contributed by atoms with Crippen LogP contribution in [-0.2, 0) is 6.54 Å². The number of aromatic nitrogens is 7. The molecule has 7 rings (SSSR count). The minimum absolute atomic E-state index is 0.264. The minimum Gasteiger partial charge on any atom is -0.368 e. The topological polar surface area (TPSA) is 103 Å². The number of H-pyrrole nitrogens is 2. The van der Waals surface area contributed by atoms with Gasteiger partial charge in [0.05, 0.1) is 40.7 Å². The molecule has 2 fully saturated rings. The van der Waals surface area contributed by atoms with Crippen LogP contribution in [0.2, 0.25) is 0 Å². The molecule has 7 heterocycles. The Labute approximate surface area is 219 Å². The summed E-state index contributed by atoms with van der Waals surface area (Å²) in [5.74, 6) is 0.0727. The number of anilines is 1. The predicted molar refractivity (Wildman–Crippen MR) is 145 cm³/mol. The Bertz CT molecular complexity index is 1600. The van der Waals surface area contributed by atoms with E-state index in [9.17, 15) is 0 Å². The molecule has 0 saturated carbocycles. The van der Waals surface area contributed by atoms with Gasteiger partial charge in [0, 0.05) is 37.6 Å². The number of imidazole rings is 1. The number of hydrogen-bond donors (Lipinski definition) is 2. The Balaban J connectivity index is 1.27. The van der Waals surface area contributed by atoms with Crippen LogP contribution in [0.15, 0.2) is 37.1 Å². The summed E-state index contributed by atoms with van der Waals surface area (Å²) >= 11 is 0. The molecule has 9 nitrogen and oxygen atoms in total. The SMILES string of the molecule is Fc1c(-c2cncc(CN3CCCCC3)c2)ncc2[nH]nc(-c3nc4c(N5CCCCC5)cncc4[nH]3)c12. The molecule has 0 amide bonds. The third kappa shape index (κ3) is 4.18. The van der Waals surface area contributed by atoms with Crippen molar-refractivity contribution in [2.75, 3.05) is 31.1 Å². The highest BCUT2D eigenvalue weighted by Gasteiger charge is 2.23. The minimum atomic E-state index is -0.432. The van der Waals surface area contributed by atoms with Crippen molar-refractivity contribution in [2.45, 2.75) is 45.1 Å². The van der Waals surface area contributed by atoms with Gasteiger partial charge in [0.1, 0.15) is 16.9 Å². The number of pyridine rings is 3. The first kappa shape index (κ1) is 23.2. The van der Waals surface area contributed by atoms with Crippen LogP contribution in [0.1, 0.15) is 44.1 Å². The number of aromatic amines is 2. The molecular weight excluding hydrogens is 481 g/mol. The lowest BCUT2D eigenvalue weighted by molar-refractivity contribution is 0.220. The van der Waals surface area contributed by atoms with Crippen molar-refractivity contribution in [3.05, 3.63) is 48.4 Å². The molecule has 194 valence electrons. The largest absolute Gasteiger partial charge is 0.368 e. The van der Waals surface area contributed by atoms with E-state index in [0.717, 1.165) is 67.8 Å². The first-order chi connectivity index (χ1) is 18.7. The molecule has 0 bridgehead atoms. The quantitative estimate of drug-likeness (QED) is 0.339. The molecule has 2 aliphatic heterocycles. The number of rotatable bonds is 5. The zero-order valence-electron chi connectivity index (χ0n) is 21.3. The van der Waals surface area contributed by atoms with E-state index >= 15 is 4.39 Å². The summed E-state index contributed by atoms with van der Waals surface area (Å²) in [5, 5.41) is 7.74. The van der Waals surface area contributed by atoms with E-state index in [0.29, 0.717) is 28.0 Å². The molecule has 0 aliphatic carbocycles. The van der Waals surface area contributed by atoms with Crippen molar-refractivity contribution in [3.63, 3.8) is 0 Å². The molecule has 2 N–H and O–H groups in total. The maximum atomic E-state index is 16.1. The van der Waals surface area contributed by atoms with E-state index in [1.165, 1.54) is 25.7 Å². The molecule has 0 atom stereocenters. The van der Waals surface area contributed by atoms with E-state index < -0.39 is 5.82 Å². The molecule has 2 saturated heterocycles. The van der Waals surface area contributed by atoms with Gasteiger partial charge in [-0.05, 0) is 56.8 Å². The first-order valence-corrected chi connectivity index (χ1v) is 13.5. The summed E-state index contributed by atoms with van der Waals surface area (Å²) in [6.07, 6.45) is 16.1. The van der Waals surface area contributed by atoms with Crippen LogP contribution in [-0.4, -0.2) is 66.2 Å². The predicted octanol–water partition coefficient (Wildman–Crippen LogP) is 5.07. The number of nitrogens with zero attached hydrogens (tertiary/aromatic N) is 7. The summed E-state index contributed by atoms with van der Waals surface area (Å²) in [6, 6.07) is 2.00. The lowest BCUT2D eigenvalue weighted by Gasteiger charge is -2.28. The number of hydrogen-bond acceptors (Lipinski definition) is 7. The Morgan fingerprint density at radius 3 is 2.45 bits per heavy atom. The molecule has 5 aromatic heterocycles. The van der Waals surface area contributed by atoms with E-state index in [1.54, 1.807) is 18.6 Å². The van der Waals surface area contributed by atoms with Crippen LogP contribution in [0.3, 0.4) is 0 Å². The van der Waals surface area contributed by atoms with Crippen LogP contribution in [0, 0.1) is 5.82 Å². The van der Waals surface area contributed by atoms with Crippen molar-refractivity contribution in [3.8, 4) is 22.8 Å². The van der Waals surface area contributed by atoms with Crippen LogP contribution in [0.4, 0.5) is 10.1 Å². The summed E-state index contributed by atoms with van der Waals surface area (Å²) in [7, 11) is 0. The third-order valence-electron chi connectivity index (χ3n) is 7.76. The molecule has 0 aromatic carbocycles. The van der Waals surface area contributed by atoms with Gasteiger partial charge in [0.15, 0.2) is 11.6 Å². The van der Waals surface area contributed by atoms with Gasteiger partial charge < -0.3 is 9.88 Å². The maximum absolute atomic E-state index is 16.1. The fourth-order valence-corrected chi connectivity index (χ4v) is 5.82. The standard InChI is InChI=1S/C28H30FN9/c29-24-23-20(15-32-25(24)19-11-18(12-30-13-19)17-37-7-3-1-4-8-37)35-36-27(23)28-33-21-14-31-16-22(26(21)34-28)38-9-5-2-6-10-38/h11-16H,1-10,17H2,(H,33,34)(H,35,36). The third-order valence-corrected chi connectivity index (χ3v) is 7.76. The average molecular weight is 512 g/mol. The summed E-state index contributed by atoms with van der Waals surface area (Å²) in [5.41, 5.74) is 5.58. The second kappa shape index (κ2) is 9.75. The number of nitrogens with one attached hydrogen (secondary N) is 2. The maximum Gasteiger partial charge on any atom is 0.161 e. The molecule has 38 heavy (non-hydrogen) atoms. The highest BCUT2D eigenvalue weighted by Crippen LogP contribution is 2.34. The summed E-state index contributed by atoms with van der Waals surface area (Å²) in [4.78, 5) is 26.2. The first-order valence-electron chi connectivity index (χ1n) is 13.5. The highest BCUT2D eigenvalue weighted by molar-refractivity contribution is 5.97. The number of halogens is 1. The van der Waals surface area contributed by atoms with Crippen molar-refractivity contribution < 1.29 is 4.39 Å². The van der Waals surface area contributed by atoms with Crippen LogP contribution in [0.5, 0.6) is 0 Å². The van der Waals surface area contributed by atoms with Crippen molar-refractivity contribution in [1.82, 2.24) is 40.0 Å². The highest BCUT2D eigenvalue weighted by atomic mass is 19.1. The van der Waals surface area contributed by atoms with Crippen molar-refractivity contribution >= 4 is 27.6 Å². The van der Waals surface area contributed by atoms with E-state index in [2.05, 4.69) is 39.9 Å². The second-order valence-corrected chi connectivity index (χ2v) is 10.4. The number of piperidine rings is 2. The lowest BCUT2D eigenvalue weighted by atomic mass is 10.1. The van der Waals surface area contributed by atoms with Crippen LogP contribution >= 0.6 is 0 Å². The van der Waals surface area contributed by atoms with Gasteiger partial charge in [-0.3, -0.25) is 25.0 Å². The molecule has 0 spiro atoms. The Hall–Kier alpha value is -3.92. The monoisotopic (exact) mass is 511 g/mol. The molecule has 0 unspecified atom stereocenters. The molecule has 2 aliphatic rings. The lowest BCUT2D eigenvalue weighted by Crippen LogP contribution is -2.29. The Kier molecular flexibility index (Phi) is 5.96. The van der Waals surface area contributed by atoms with Crippen molar-refractivity contribution in [2.24, 2.45) is 0 Å². The average Bonchev–Trinajstić information content (AvgIpc) is 3.59. The van der Waals surface area contributed by atoms with Gasteiger partial charge in [-0.25, -0.2) is 9.37 Å². The number of likely N-dealkylation sites (tertiary alicyclic amines) is 1. The van der Waals surface area contributed by atoms with Gasteiger partial charge in [0.25, 0.3) is 0 Å². The van der Waals surface area contributed by atoms with Crippen molar-refractivity contribution in [1.29, 1.82) is 0 Å².